The summed E-state index contributed by atoms with van der Waals surface area (Å²) >= 11 is 5.32. The predicted octanol–water partition coefficient (Wildman–Crippen LogP) is 1.62. The van der Waals surface area contributed by atoms with Crippen LogP contribution in [0, 0.1) is 0 Å². The molecule has 0 aliphatic carbocycles. The number of likely N-dealkylation sites (tertiary alicyclic amines) is 1. The molecule has 0 saturated carbocycles. The van der Waals surface area contributed by atoms with Crippen LogP contribution in [0.4, 0.5) is 0 Å². The van der Waals surface area contributed by atoms with Gasteiger partial charge in [0.25, 0.3) is 0 Å². The molecule has 0 radical (unpaired) electrons. The summed E-state index contributed by atoms with van der Waals surface area (Å²) in [5.41, 5.74) is 7.45. The summed E-state index contributed by atoms with van der Waals surface area (Å²) in [4.78, 5) is 6.29. The van der Waals surface area contributed by atoms with E-state index in [1.54, 1.807) is 6.20 Å². The Balaban J connectivity index is 1.80. The molecular formula is C12H18N4S. The molecular weight excluding hydrogens is 232 g/mol. The van der Waals surface area contributed by atoms with Gasteiger partial charge in [-0.3, -0.25) is 10.4 Å². The zero-order valence-corrected chi connectivity index (χ0v) is 10.8. The van der Waals surface area contributed by atoms with Gasteiger partial charge in [0.2, 0.25) is 0 Å². The van der Waals surface area contributed by atoms with Gasteiger partial charge < -0.3 is 4.90 Å². The van der Waals surface area contributed by atoms with Crippen molar-refractivity contribution >= 4 is 17.3 Å². The molecule has 1 unspecified atom stereocenters. The van der Waals surface area contributed by atoms with Crippen LogP contribution in [0.1, 0.15) is 31.4 Å². The lowest BCUT2D eigenvalue weighted by atomic mass is 10.2. The van der Waals surface area contributed by atoms with Gasteiger partial charge in [-0.25, -0.2) is 5.43 Å². The molecule has 1 saturated heterocycles. The summed E-state index contributed by atoms with van der Waals surface area (Å²) in [6.07, 6.45) is 6.11. The molecule has 2 N–H and O–H groups in total. The maximum absolute atomic E-state index is 5.32. The fourth-order valence-electron chi connectivity index (χ4n) is 1.88. The zero-order chi connectivity index (χ0) is 12.1. The minimum atomic E-state index is 0.184. The van der Waals surface area contributed by atoms with E-state index >= 15 is 0 Å². The van der Waals surface area contributed by atoms with Gasteiger partial charge in [0.1, 0.15) is 0 Å². The van der Waals surface area contributed by atoms with Crippen molar-refractivity contribution in [2.75, 3.05) is 13.1 Å². The van der Waals surface area contributed by atoms with Crippen molar-refractivity contribution in [3.05, 3.63) is 30.1 Å². The minimum absolute atomic E-state index is 0.184. The lowest BCUT2D eigenvalue weighted by molar-refractivity contribution is 0.463. The van der Waals surface area contributed by atoms with Gasteiger partial charge in [0, 0.05) is 31.5 Å². The second-order valence-electron chi connectivity index (χ2n) is 4.28. The monoisotopic (exact) mass is 250 g/mol. The number of nitrogens with one attached hydrogen (secondary N) is 2. The number of aromatic nitrogens is 1. The number of hydrogen-bond acceptors (Lipinski definition) is 3. The summed E-state index contributed by atoms with van der Waals surface area (Å²) in [6.45, 7) is 4.21. The van der Waals surface area contributed by atoms with Crippen LogP contribution in [-0.4, -0.2) is 28.1 Å². The van der Waals surface area contributed by atoms with E-state index in [1.165, 1.54) is 12.8 Å². The number of thiocarbonyl (C=S) groups is 1. The van der Waals surface area contributed by atoms with Crippen LogP contribution in [-0.2, 0) is 0 Å². The highest BCUT2D eigenvalue weighted by molar-refractivity contribution is 7.80. The van der Waals surface area contributed by atoms with Crippen LogP contribution in [0.3, 0.4) is 0 Å². The van der Waals surface area contributed by atoms with Gasteiger partial charge in [-0.1, -0.05) is 6.07 Å². The molecule has 1 aliphatic rings. The summed E-state index contributed by atoms with van der Waals surface area (Å²) in [5, 5.41) is 0.790. The molecule has 0 aromatic carbocycles. The average molecular weight is 250 g/mol. The Bertz CT molecular complexity index is 362. The quantitative estimate of drug-likeness (QED) is 0.630. The topological polar surface area (TPSA) is 40.2 Å². The zero-order valence-electron chi connectivity index (χ0n) is 10.0. The Morgan fingerprint density at radius 1 is 1.47 bits per heavy atom. The SMILES string of the molecule is CC(NNC(=S)N1CCCC1)c1cccnc1. The first-order valence-corrected chi connectivity index (χ1v) is 6.38. The molecule has 0 bridgehead atoms. The van der Waals surface area contributed by atoms with Crippen molar-refractivity contribution in [2.24, 2.45) is 0 Å². The second kappa shape index (κ2) is 5.93. The maximum Gasteiger partial charge on any atom is 0.183 e. The molecule has 5 heteroatoms. The molecule has 1 aromatic heterocycles. The third-order valence-electron chi connectivity index (χ3n) is 2.97. The molecule has 2 rings (SSSR count). The van der Waals surface area contributed by atoms with E-state index in [1.807, 2.05) is 18.3 Å². The Hall–Kier alpha value is -1.20. The molecule has 1 aliphatic heterocycles. The van der Waals surface area contributed by atoms with Crippen molar-refractivity contribution in [1.29, 1.82) is 0 Å². The van der Waals surface area contributed by atoms with Crippen LogP contribution in [0.15, 0.2) is 24.5 Å². The predicted molar refractivity (Wildman–Crippen MR) is 72.3 cm³/mol. The van der Waals surface area contributed by atoms with Crippen LogP contribution >= 0.6 is 12.2 Å². The second-order valence-corrected chi connectivity index (χ2v) is 4.66. The van der Waals surface area contributed by atoms with E-state index in [2.05, 4.69) is 27.7 Å². The Labute approximate surface area is 107 Å². The standard InChI is InChI=1S/C12H18N4S/c1-10(11-5-4-6-13-9-11)14-15-12(17)16-7-2-3-8-16/h4-6,9-10,14H,2-3,7-8H2,1H3,(H,15,17). The fraction of sp³-hybridized carbons (Fsp3) is 0.500. The molecule has 0 spiro atoms. The molecule has 1 atom stereocenters. The lowest BCUT2D eigenvalue weighted by Crippen LogP contribution is -2.46. The number of pyridine rings is 1. The van der Waals surface area contributed by atoms with E-state index in [-0.39, 0.29) is 6.04 Å². The average Bonchev–Trinajstić information content (AvgIpc) is 2.90. The van der Waals surface area contributed by atoms with Gasteiger partial charge in [0.15, 0.2) is 5.11 Å². The molecule has 1 aromatic rings. The van der Waals surface area contributed by atoms with E-state index in [9.17, 15) is 0 Å². The number of hydrogen-bond donors (Lipinski definition) is 2. The van der Waals surface area contributed by atoms with E-state index in [0.717, 1.165) is 23.8 Å². The largest absolute Gasteiger partial charge is 0.348 e. The highest BCUT2D eigenvalue weighted by atomic mass is 32.1. The Morgan fingerprint density at radius 3 is 2.88 bits per heavy atom. The lowest BCUT2D eigenvalue weighted by Gasteiger charge is -2.22. The molecule has 17 heavy (non-hydrogen) atoms. The summed E-state index contributed by atoms with van der Waals surface area (Å²) in [7, 11) is 0. The number of rotatable bonds is 3. The highest BCUT2D eigenvalue weighted by Gasteiger charge is 2.14. The van der Waals surface area contributed by atoms with Crippen molar-refractivity contribution in [1.82, 2.24) is 20.7 Å². The third-order valence-corrected chi connectivity index (χ3v) is 3.33. The van der Waals surface area contributed by atoms with Gasteiger partial charge in [-0.05, 0) is 43.6 Å². The fourth-order valence-corrected chi connectivity index (χ4v) is 2.13. The maximum atomic E-state index is 5.32. The Morgan fingerprint density at radius 2 is 2.24 bits per heavy atom. The molecule has 4 nitrogen and oxygen atoms in total. The molecule has 0 amide bonds. The van der Waals surface area contributed by atoms with Crippen molar-refractivity contribution in [3.63, 3.8) is 0 Å². The summed E-state index contributed by atoms with van der Waals surface area (Å²) in [5.74, 6) is 0. The summed E-state index contributed by atoms with van der Waals surface area (Å²) in [6, 6.07) is 4.17. The normalized spacial score (nSPS) is 16.9. The smallest absolute Gasteiger partial charge is 0.183 e. The van der Waals surface area contributed by atoms with Crippen molar-refractivity contribution < 1.29 is 0 Å². The van der Waals surface area contributed by atoms with E-state index in [0.29, 0.717) is 0 Å². The van der Waals surface area contributed by atoms with Crippen molar-refractivity contribution in [3.8, 4) is 0 Å². The van der Waals surface area contributed by atoms with Crippen LogP contribution in [0.2, 0.25) is 0 Å². The van der Waals surface area contributed by atoms with E-state index < -0.39 is 0 Å². The third kappa shape index (κ3) is 3.38. The summed E-state index contributed by atoms with van der Waals surface area (Å²) < 4.78 is 0. The van der Waals surface area contributed by atoms with E-state index in [4.69, 9.17) is 12.2 Å². The molecule has 92 valence electrons. The van der Waals surface area contributed by atoms with Gasteiger partial charge in [0.05, 0.1) is 0 Å². The van der Waals surface area contributed by atoms with Gasteiger partial charge in [-0.2, -0.15) is 0 Å². The first-order valence-electron chi connectivity index (χ1n) is 5.98. The molecule has 1 fully saturated rings. The van der Waals surface area contributed by atoms with Crippen molar-refractivity contribution in [2.45, 2.75) is 25.8 Å². The highest BCUT2D eigenvalue weighted by Crippen LogP contribution is 2.10. The number of nitrogens with zero attached hydrogens (tertiary/aromatic N) is 2. The Kier molecular flexibility index (Phi) is 4.28. The van der Waals surface area contributed by atoms with Crippen LogP contribution in [0.5, 0.6) is 0 Å². The van der Waals surface area contributed by atoms with Gasteiger partial charge in [-0.15, -0.1) is 0 Å². The van der Waals surface area contributed by atoms with Crippen LogP contribution < -0.4 is 10.9 Å². The first kappa shape index (κ1) is 12.3. The number of hydrazine groups is 1. The van der Waals surface area contributed by atoms with Crippen LogP contribution in [0.25, 0.3) is 0 Å². The minimum Gasteiger partial charge on any atom is -0.348 e. The molecule has 2 heterocycles. The van der Waals surface area contributed by atoms with Gasteiger partial charge >= 0.3 is 0 Å². The first-order chi connectivity index (χ1) is 8.27.